The van der Waals surface area contributed by atoms with E-state index in [2.05, 4.69) is 11.1 Å². The molecule has 0 bridgehead atoms. The second-order valence-electron chi connectivity index (χ2n) is 5.37. The Morgan fingerprint density at radius 1 is 1.32 bits per heavy atom. The van der Waals surface area contributed by atoms with E-state index in [4.69, 9.17) is 5.11 Å². The Kier molecular flexibility index (Phi) is 3.82. The number of carboxylic acid groups (broad SMARTS) is 1. The number of amides is 1. The minimum Gasteiger partial charge on any atom is -0.465 e. The second-order valence-corrected chi connectivity index (χ2v) is 6.23. The van der Waals surface area contributed by atoms with Gasteiger partial charge >= 0.3 is 6.09 Å². The number of hydrogen-bond donors (Lipinski definition) is 1. The van der Waals surface area contributed by atoms with Gasteiger partial charge in [-0.3, -0.25) is 0 Å². The van der Waals surface area contributed by atoms with Gasteiger partial charge in [-0.05, 0) is 12.8 Å². The molecule has 1 saturated heterocycles. The van der Waals surface area contributed by atoms with Crippen molar-refractivity contribution in [2.24, 2.45) is 0 Å². The number of nitriles is 1. The minimum atomic E-state index is -0.921. The maximum absolute atomic E-state index is 11.0. The fourth-order valence-corrected chi connectivity index (χ4v) is 3.73. The topological polar surface area (TPSA) is 77.2 Å². The van der Waals surface area contributed by atoms with E-state index >= 15 is 0 Å². The molecule has 1 amide bonds. The lowest BCUT2D eigenvalue weighted by atomic mass is 9.80. The van der Waals surface area contributed by atoms with Crippen LogP contribution in [0.4, 0.5) is 4.79 Å². The third-order valence-corrected chi connectivity index (χ3v) is 5.13. The van der Waals surface area contributed by atoms with Gasteiger partial charge in [0.15, 0.2) is 0 Å². The summed E-state index contributed by atoms with van der Waals surface area (Å²) in [5, 5.41) is 21.4. The molecule has 0 unspecified atom stereocenters. The van der Waals surface area contributed by atoms with Gasteiger partial charge in [-0.25, -0.2) is 9.78 Å². The van der Waals surface area contributed by atoms with Crippen molar-refractivity contribution in [3.05, 3.63) is 40.7 Å². The van der Waals surface area contributed by atoms with Gasteiger partial charge in [0.25, 0.3) is 0 Å². The molecule has 3 rings (SSSR count). The molecule has 0 spiro atoms. The number of nitrogens with zero attached hydrogens (tertiary/aromatic N) is 3. The van der Waals surface area contributed by atoms with E-state index in [1.165, 1.54) is 16.2 Å². The highest BCUT2D eigenvalue weighted by molar-refractivity contribution is 7.10. The average Bonchev–Trinajstić information content (AvgIpc) is 3.06. The summed E-state index contributed by atoms with van der Waals surface area (Å²) >= 11 is 1.48. The minimum absolute atomic E-state index is 0.378. The van der Waals surface area contributed by atoms with Crippen LogP contribution in [0.25, 0.3) is 11.3 Å². The molecule has 5 nitrogen and oxygen atoms in total. The van der Waals surface area contributed by atoms with E-state index < -0.39 is 11.5 Å². The van der Waals surface area contributed by atoms with Crippen molar-refractivity contribution in [2.45, 2.75) is 18.3 Å². The lowest BCUT2D eigenvalue weighted by Gasteiger charge is -2.34. The Balaban J connectivity index is 1.86. The molecule has 1 aromatic heterocycles. The first kappa shape index (κ1) is 14.5. The van der Waals surface area contributed by atoms with Crippen molar-refractivity contribution >= 4 is 17.4 Å². The van der Waals surface area contributed by atoms with Crippen molar-refractivity contribution in [3.63, 3.8) is 0 Å². The molecule has 0 radical (unpaired) electrons. The molecule has 1 aromatic carbocycles. The van der Waals surface area contributed by atoms with Gasteiger partial charge in [-0.1, -0.05) is 30.3 Å². The molecule has 1 aliphatic rings. The summed E-state index contributed by atoms with van der Waals surface area (Å²) in [7, 11) is 0. The molecule has 2 heterocycles. The van der Waals surface area contributed by atoms with Crippen LogP contribution in [-0.2, 0) is 5.41 Å². The normalized spacial score (nSPS) is 17.0. The molecule has 0 saturated carbocycles. The van der Waals surface area contributed by atoms with Crippen LogP contribution in [0, 0.1) is 11.3 Å². The highest BCUT2D eigenvalue weighted by Crippen LogP contribution is 2.38. The van der Waals surface area contributed by atoms with Crippen LogP contribution in [0.15, 0.2) is 35.7 Å². The predicted octanol–water partition coefficient (Wildman–Crippen LogP) is 3.35. The first-order valence-electron chi connectivity index (χ1n) is 7.05. The van der Waals surface area contributed by atoms with Gasteiger partial charge in [0.1, 0.15) is 10.4 Å². The molecule has 0 aliphatic carbocycles. The number of likely N-dealkylation sites (tertiary alicyclic amines) is 1. The summed E-state index contributed by atoms with van der Waals surface area (Å²) in [6.07, 6.45) is 0.0744. The lowest BCUT2D eigenvalue weighted by Crippen LogP contribution is -2.44. The van der Waals surface area contributed by atoms with Crippen molar-refractivity contribution < 1.29 is 9.90 Å². The summed E-state index contributed by atoms with van der Waals surface area (Å²) in [6, 6.07) is 12.2. The quantitative estimate of drug-likeness (QED) is 0.922. The Morgan fingerprint density at radius 2 is 2.00 bits per heavy atom. The van der Waals surface area contributed by atoms with Crippen LogP contribution < -0.4 is 0 Å². The second kappa shape index (κ2) is 5.78. The lowest BCUT2D eigenvalue weighted by molar-refractivity contribution is 0.125. The van der Waals surface area contributed by atoms with Crippen molar-refractivity contribution in [1.82, 2.24) is 9.88 Å². The van der Waals surface area contributed by atoms with Gasteiger partial charge in [0, 0.05) is 24.0 Å². The van der Waals surface area contributed by atoms with Crippen molar-refractivity contribution in [2.75, 3.05) is 13.1 Å². The highest BCUT2D eigenvalue weighted by atomic mass is 32.1. The number of benzene rings is 1. The van der Waals surface area contributed by atoms with Crippen LogP contribution in [0.1, 0.15) is 17.8 Å². The van der Waals surface area contributed by atoms with Gasteiger partial charge in [-0.2, -0.15) is 5.26 Å². The number of aromatic nitrogens is 1. The molecular weight excluding hydrogens is 298 g/mol. The van der Waals surface area contributed by atoms with Crippen LogP contribution in [-0.4, -0.2) is 34.2 Å². The third-order valence-electron chi connectivity index (χ3n) is 4.08. The van der Waals surface area contributed by atoms with Crippen LogP contribution >= 0.6 is 11.3 Å². The van der Waals surface area contributed by atoms with Crippen LogP contribution in [0.5, 0.6) is 0 Å². The predicted molar refractivity (Wildman–Crippen MR) is 83.7 cm³/mol. The molecule has 6 heteroatoms. The molecule has 1 fully saturated rings. The van der Waals surface area contributed by atoms with E-state index in [1.54, 1.807) is 0 Å². The average molecular weight is 313 g/mol. The Morgan fingerprint density at radius 3 is 2.59 bits per heavy atom. The summed E-state index contributed by atoms with van der Waals surface area (Å²) in [4.78, 5) is 17.0. The zero-order valence-corrected chi connectivity index (χ0v) is 12.7. The number of piperidine rings is 1. The Labute approximate surface area is 132 Å². The molecule has 1 N–H and O–H groups in total. The first-order valence-corrected chi connectivity index (χ1v) is 7.93. The first-order chi connectivity index (χ1) is 10.6. The third kappa shape index (κ3) is 2.55. The monoisotopic (exact) mass is 313 g/mol. The van der Waals surface area contributed by atoms with Gasteiger partial charge in [-0.15, -0.1) is 11.3 Å². The van der Waals surface area contributed by atoms with Crippen molar-refractivity contribution in [3.8, 4) is 17.3 Å². The number of rotatable bonds is 2. The van der Waals surface area contributed by atoms with E-state index in [9.17, 15) is 10.1 Å². The van der Waals surface area contributed by atoms with Gasteiger partial charge in [0.05, 0.1) is 11.8 Å². The van der Waals surface area contributed by atoms with Gasteiger partial charge in [0.2, 0.25) is 0 Å². The fraction of sp³-hybridized carbons (Fsp3) is 0.312. The zero-order valence-electron chi connectivity index (χ0n) is 11.9. The van der Waals surface area contributed by atoms with E-state index in [-0.39, 0.29) is 0 Å². The standard InChI is InChI=1S/C16H15N3O2S/c17-11-16(6-8-19(9-7-16)15(20)21)14-18-13(10-22-14)12-4-2-1-3-5-12/h1-5,10H,6-9H2,(H,20,21). The summed E-state index contributed by atoms with van der Waals surface area (Å²) in [5.41, 5.74) is 1.24. The molecule has 112 valence electrons. The SMILES string of the molecule is N#CC1(c2nc(-c3ccccc3)cs2)CCN(C(=O)O)CC1. The molecular formula is C16H15N3O2S. The fourth-order valence-electron chi connectivity index (χ4n) is 2.69. The molecule has 2 aromatic rings. The Bertz CT molecular complexity index is 712. The highest BCUT2D eigenvalue weighted by Gasteiger charge is 2.40. The van der Waals surface area contributed by atoms with Crippen LogP contribution in [0.3, 0.4) is 0 Å². The summed E-state index contributed by atoms with van der Waals surface area (Å²) < 4.78 is 0. The van der Waals surface area contributed by atoms with Gasteiger partial charge < -0.3 is 10.0 Å². The van der Waals surface area contributed by atoms with E-state index in [1.807, 2.05) is 35.7 Å². The summed E-state index contributed by atoms with van der Waals surface area (Å²) in [6.45, 7) is 0.756. The molecule has 0 atom stereocenters. The smallest absolute Gasteiger partial charge is 0.407 e. The maximum atomic E-state index is 11.0. The number of carbonyl (C=O) groups is 1. The van der Waals surface area contributed by atoms with E-state index in [0.29, 0.717) is 25.9 Å². The molecule has 22 heavy (non-hydrogen) atoms. The van der Waals surface area contributed by atoms with E-state index in [0.717, 1.165) is 16.3 Å². The maximum Gasteiger partial charge on any atom is 0.407 e. The van der Waals surface area contributed by atoms with Crippen molar-refractivity contribution in [1.29, 1.82) is 5.26 Å². The largest absolute Gasteiger partial charge is 0.465 e. The molecule has 1 aliphatic heterocycles. The number of hydrogen-bond acceptors (Lipinski definition) is 4. The van der Waals surface area contributed by atoms with Crippen LogP contribution in [0.2, 0.25) is 0 Å². The Hall–Kier alpha value is -2.39. The number of thiazole rings is 1. The summed E-state index contributed by atoms with van der Waals surface area (Å²) in [5.74, 6) is 0. The zero-order chi connectivity index (χ0) is 15.6.